The first-order valence-corrected chi connectivity index (χ1v) is 1.84. The smallest absolute Gasteiger partial charge is 0.228 e. The molecule has 0 aliphatic carbocycles. The summed E-state index contributed by atoms with van der Waals surface area (Å²) in [5, 5.41) is 8.05. The summed E-state index contributed by atoms with van der Waals surface area (Å²) in [5.41, 5.74) is 2.45. The van der Waals surface area contributed by atoms with Crippen molar-refractivity contribution >= 4 is 0 Å². The van der Waals surface area contributed by atoms with Gasteiger partial charge in [-0.1, -0.05) is 0 Å². The van der Waals surface area contributed by atoms with Gasteiger partial charge in [0.15, 0.2) is 0 Å². The standard InChI is InChI=1S/C4H3N2O/c5-3-4-1-2-6-7-4/h6H,2H2. The highest BCUT2D eigenvalue weighted by Crippen LogP contribution is 1.94. The Labute approximate surface area is 41.1 Å². The normalized spacial score (nSPS) is 17.3. The van der Waals surface area contributed by atoms with Gasteiger partial charge >= 0.3 is 0 Å². The van der Waals surface area contributed by atoms with Gasteiger partial charge in [-0.05, 0) is 0 Å². The average molecular weight is 95.1 g/mol. The summed E-state index contributed by atoms with van der Waals surface area (Å²) in [7, 11) is 0. The molecular formula is C4H3N2O. The van der Waals surface area contributed by atoms with Crippen LogP contribution in [0.25, 0.3) is 0 Å². The van der Waals surface area contributed by atoms with Crippen molar-refractivity contribution in [3.05, 3.63) is 11.8 Å². The number of allylic oxidation sites excluding steroid dienone is 1. The monoisotopic (exact) mass is 95.0 g/mol. The van der Waals surface area contributed by atoms with E-state index in [1.165, 1.54) is 0 Å². The fourth-order valence-corrected chi connectivity index (χ4v) is 0.323. The molecule has 0 fully saturated rings. The summed E-state index contributed by atoms with van der Waals surface area (Å²) >= 11 is 0. The highest BCUT2D eigenvalue weighted by molar-refractivity contribution is 5.11. The van der Waals surface area contributed by atoms with Gasteiger partial charge in [0.25, 0.3) is 0 Å². The van der Waals surface area contributed by atoms with Gasteiger partial charge in [0, 0.05) is 6.08 Å². The number of nitrogens with zero attached hydrogens (tertiary/aromatic N) is 1. The molecule has 3 nitrogen and oxygen atoms in total. The van der Waals surface area contributed by atoms with Crippen molar-refractivity contribution in [2.75, 3.05) is 6.54 Å². The molecule has 0 aromatic carbocycles. The lowest BCUT2D eigenvalue weighted by Gasteiger charge is -1.87. The van der Waals surface area contributed by atoms with Crippen LogP contribution in [0.15, 0.2) is 5.76 Å². The van der Waals surface area contributed by atoms with E-state index >= 15 is 0 Å². The van der Waals surface area contributed by atoms with E-state index in [2.05, 4.69) is 16.4 Å². The lowest BCUT2D eigenvalue weighted by atomic mass is 10.5. The Kier molecular flexibility index (Phi) is 0.966. The van der Waals surface area contributed by atoms with Gasteiger partial charge in [-0.25, -0.2) is 0 Å². The SMILES string of the molecule is N#CC1=[C]CNO1. The maximum Gasteiger partial charge on any atom is 0.228 e. The number of nitriles is 1. The Balaban J connectivity index is 2.57. The molecule has 0 bridgehead atoms. The van der Waals surface area contributed by atoms with E-state index in [1.807, 2.05) is 0 Å². The molecule has 0 atom stereocenters. The molecule has 1 aliphatic heterocycles. The molecule has 0 spiro atoms. The van der Waals surface area contributed by atoms with Gasteiger partial charge in [0.2, 0.25) is 5.76 Å². The molecule has 1 radical (unpaired) electrons. The maximum absolute atomic E-state index is 8.05. The molecule has 1 heterocycles. The number of hydrogen-bond acceptors (Lipinski definition) is 3. The number of hydroxylamine groups is 1. The minimum atomic E-state index is 0.236. The number of rotatable bonds is 0. The van der Waals surface area contributed by atoms with E-state index in [0.29, 0.717) is 6.54 Å². The minimum Gasteiger partial charge on any atom is -0.397 e. The highest BCUT2D eigenvalue weighted by Gasteiger charge is 2.01. The summed E-state index contributed by atoms with van der Waals surface area (Å²) in [6.45, 7) is 0.517. The van der Waals surface area contributed by atoms with Gasteiger partial charge in [-0.2, -0.15) is 10.7 Å². The molecule has 35 valence electrons. The van der Waals surface area contributed by atoms with Gasteiger partial charge < -0.3 is 4.84 Å². The van der Waals surface area contributed by atoms with Crippen LogP contribution in [0.3, 0.4) is 0 Å². The molecule has 1 aliphatic rings. The fraction of sp³-hybridized carbons (Fsp3) is 0.250. The van der Waals surface area contributed by atoms with E-state index in [9.17, 15) is 0 Å². The van der Waals surface area contributed by atoms with Crippen LogP contribution in [0, 0.1) is 17.4 Å². The van der Waals surface area contributed by atoms with Crippen molar-refractivity contribution in [2.24, 2.45) is 0 Å². The maximum atomic E-state index is 8.05. The Hall–Kier alpha value is -1.01. The van der Waals surface area contributed by atoms with Crippen LogP contribution in [0.5, 0.6) is 0 Å². The van der Waals surface area contributed by atoms with Crippen LogP contribution in [0.2, 0.25) is 0 Å². The Bertz CT molecular complexity index is 133. The lowest BCUT2D eigenvalue weighted by Crippen LogP contribution is -2.04. The molecule has 0 aromatic rings. The first-order chi connectivity index (χ1) is 3.43. The third-order valence-corrected chi connectivity index (χ3v) is 0.597. The first-order valence-electron chi connectivity index (χ1n) is 1.84. The first kappa shape index (κ1) is 4.16. The van der Waals surface area contributed by atoms with Crippen molar-refractivity contribution < 1.29 is 4.84 Å². The lowest BCUT2D eigenvalue weighted by molar-refractivity contribution is 0.151. The van der Waals surface area contributed by atoms with Crippen LogP contribution in [-0.2, 0) is 4.84 Å². The molecule has 3 heteroatoms. The second-order valence-corrected chi connectivity index (χ2v) is 1.04. The third-order valence-electron chi connectivity index (χ3n) is 0.597. The van der Waals surface area contributed by atoms with Crippen molar-refractivity contribution in [3.63, 3.8) is 0 Å². The Morgan fingerprint density at radius 1 is 2.00 bits per heavy atom. The second kappa shape index (κ2) is 1.63. The largest absolute Gasteiger partial charge is 0.397 e. The van der Waals surface area contributed by atoms with Gasteiger partial charge in [0.1, 0.15) is 6.07 Å². The van der Waals surface area contributed by atoms with E-state index in [0.717, 1.165) is 0 Å². The van der Waals surface area contributed by atoms with Crippen LogP contribution in [0.1, 0.15) is 0 Å². The van der Waals surface area contributed by atoms with Crippen LogP contribution >= 0.6 is 0 Å². The Morgan fingerprint density at radius 3 is 3.14 bits per heavy atom. The van der Waals surface area contributed by atoms with Gasteiger partial charge in [-0.3, -0.25) is 0 Å². The molecular weight excluding hydrogens is 92.1 g/mol. The quantitative estimate of drug-likeness (QED) is 0.450. The molecule has 7 heavy (non-hydrogen) atoms. The van der Waals surface area contributed by atoms with E-state index in [-0.39, 0.29) is 5.76 Å². The highest BCUT2D eigenvalue weighted by atomic mass is 16.7. The summed E-state index contributed by atoms with van der Waals surface area (Å²) in [5.74, 6) is 0.236. The number of nitrogens with one attached hydrogen (secondary N) is 1. The Morgan fingerprint density at radius 2 is 2.86 bits per heavy atom. The molecule has 1 rings (SSSR count). The third kappa shape index (κ3) is 0.699. The fourth-order valence-electron chi connectivity index (χ4n) is 0.323. The van der Waals surface area contributed by atoms with Crippen molar-refractivity contribution in [1.82, 2.24) is 5.48 Å². The average Bonchev–Trinajstić information content (AvgIpc) is 2.14. The molecule has 0 amide bonds. The van der Waals surface area contributed by atoms with Gasteiger partial charge in [-0.15, -0.1) is 0 Å². The number of hydrogen-bond donors (Lipinski definition) is 1. The summed E-state index contributed by atoms with van der Waals surface area (Å²) in [6, 6.07) is 1.78. The minimum absolute atomic E-state index is 0.236. The van der Waals surface area contributed by atoms with Crippen LogP contribution in [-0.4, -0.2) is 6.54 Å². The zero-order valence-electron chi connectivity index (χ0n) is 3.56. The topological polar surface area (TPSA) is 45.0 Å². The van der Waals surface area contributed by atoms with Crippen molar-refractivity contribution in [2.45, 2.75) is 0 Å². The summed E-state index contributed by atoms with van der Waals surface area (Å²) in [6.07, 6.45) is 2.63. The predicted molar refractivity (Wildman–Crippen MR) is 21.5 cm³/mol. The zero-order valence-corrected chi connectivity index (χ0v) is 3.56. The van der Waals surface area contributed by atoms with Gasteiger partial charge in [0.05, 0.1) is 6.54 Å². The molecule has 0 unspecified atom stereocenters. The van der Waals surface area contributed by atoms with Crippen LogP contribution in [0.4, 0.5) is 0 Å². The van der Waals surface area contributed by atoms with E-state index in [1.54, 1.807) is 6.07 Å². The zero-order chi connectivity index (χ0) is 5.11. The predicted octanol–water partition coefficient (Wildman–Crippen LogP) is -0.268. The molecule has 0 aromatic heterocycles. The summed E-state index contributed by atoms with van der Waals surface area (Å²) < 4.78 is 0. The molecule has 1 N–H and O–H groups in total. The summed E-state index contributed by atoms with van der Waals surface area (Å²) in [4.78, 5) is 4.50. The van der Waals surface area contributed by atoms with E-state index in [4.69, 9.17) is 5.26 Å². The second-order valence-electron chi connectivity index (χ2n) is 1.04. The van der Waals surface area contributed by atoms with Crippen molar-refractivity contribution in [1.29, 1.82) is 5.26 Å². The van der Waals surface area contributed by atoms with Crippen LogP contribution < -0.4 is 5.48 Å². The molecule has 0 saturated carbocycles. The van der Waals surface area contributed by atoms with Crippen molar-refractivity contribution in [3.8, 4) is 6.07 Å². The van der Waals surface area contributed by atoms with E-state index < -0.39 is 0 Å². The molecule has 0 saturated heterocycles.